The molecule has 86 valence electrons. The molecule has 5 heteroatoms. The van der Waals surface area contributed by atoms with Gasteiger partial charge in [-0.05, 0) is 35.2 Å². The molecule has 0 bridgehead atoms. The molecular formula is C11H14BrN3O. The van der Waals surface area contributed by atoms with Crippen LogP contribution in [0.15, 0.2) is 16.6 Å². The number of H-pyrrole nitrogens is 1. The van der Waals surface area contributed by atoms with Gasteiger partial charge in [0, 0.05) is 5.92 Å². The standard InChI is InChI=1S/C11H14BrN3O/c1-2-8-9(12)10(15-14-8)13-11(16)7-5-3-4-6-7/h3-4,7H,2,5-6H2,1H3,(H2,13,14,15,16). The Morgan fingerprint density at radius 3 is 2.88 bits per heavy atom. The Hall–Kier alpha value is -1.10. The minimum atomic E-state index is 0.0415. The van der Waals surface area contributed by atoms with Gasteiger partial charge in [-0.2, -0.15) is 5.10 Å². The molecule has 1 aliphatic rings. The molecule has 0 spiro atoms. The van der Waals surface area contributed by atoms with Gasteiger partial charge < -0.3 is 5.32 Å². The van der Waals surface area contributed by atoms with E-state index in [1.165, 1.54) is 0 Å². The lowest BCUT2D eigenvalue weighted by Crippen LogP contribution is -2.20. The molecule has 0 aromatic carbocycles. The predicted molar refractivity (Wildman–Crippen MR) is 66.2 cm³/mol. The van der Waals surface area contributed by atoms with Gasteiger partial charge in [0.05, 0.1) is 10.2 Å². The van der Waals surface area contributed by atoms with E-state index in [-0.39, 0.29) is 11.8 Å². The van der Waals surface area contributed by atoms with E-state index in [1.54, 1.807) is 0 Å². The first-order valence-electron chi connectivity index (χ1n) is 5.41. The molecule has 1 aliphatic carbocycles. The second kappa shape index (κ2) is 4.82. The quantitative estimate of drug-likeness (QED) is 0.838. The Morgan fingerprint density at radius 1 is 1.62 bits per heavy atom. The molecule has 4 nitrogen and oxygen atoms in total. The van der Waals surface area contributed by atoms with Crippen molar-refractivity contribution in [1.29, 1.82) is 0 Å². The van der Waals surface area contributed by atoms with E-state index in [0.29, 0.717) is 5.82 Å². The van der Waals surface area contributed by atoms with Gasteiger partial charge in [-0.3, -0.25) is 9.89 Å². The minimum Gasteiger partial charge on any atom is -0.308 e. The average Bonchev–Trinajstić information content (AvgIpc) is 2.89. The van der Waals surface area contributed by atoms with E-state index < -0.39 is 0 Å². The van der Waals surface area contributed by atoms with Crippen molar-refractivity contribution in [3.05, 3.63) is 22.3 Å². The molecule has 0 fully saturated rings. The zero-order valence-electron chi connectivity index (χ0n) is 9.09. The number of rotatable bonds is 3. The monoisotopic (exact) mass is 283 g/mol. The number of carbonyl (C=O) groups is 1. The summed E-state index contributed by atoms with van der Waals surface area (Å²) in [5.41, 5.74) is 1.000. The van der Waals surface area contributed by atoms with Gasteiger partial charge in [0.1, 0.15) is 0 Å². The fraction of sp³-hybridized carbons (Fsp3) is 0.455. The number of carbonyl (C=O) groups excluding carboxylic acids is 1. The molecule has 1 heterocycles. The maximum atomic E-state index is 11.8. The molecule has 0 atom stereocenters. The number of aromatic amines is 1. The van der Waals surface area contributed by atoms with Crippen LogP contribution < -0.4 is 5.32 Å². The highest BCUT2D eigenvalue weighted by Gasteiger charge is 2.21. The molecule has 1 amide bonds. The fourth-order valence-electron chi connectivity index (χ4n) is 1.73. The van der Waals surface area contributed by atoms with Gasteiger partial charge in [-0.15, -0.1) is 0 Å². The van der Waals surface area contributed by atoms with Gasteiger partial charge in [0.15, 0.2) is 5.82 Å². The third kappa shape index (κ3) is 2.19. The minimum absolute atomic E-state index is 0.0415. The van der Waals surface area contributed by atoms with Crippen LogP contribution in [0.3, 0.4) is 0 Å². The van der Waals surface area contributed by atoms with Crippen LogP contribution in [0.5, 0.6) is 0 Å². The van der Waals surface area contributed by atoms with Crippen LogP contribution in [0.1, 0.15) is 25.5 Å². The number of anilines is 1. The molecule has 0 saturated carbocycles. The zero-order valence-corrected chi connectivity index (χ0v) is 10.7. The second-order valence-corrected chi connectivity index (χ2v) is 4.64. The zero-order chi connectivity index (χ0) is 11.5. The van der Waals surface area contributed by atoms with Gasteiger partial charge in [0.2, 0.25) is 5.91 Å². The molecule has 0 saturated heterocycles. The van der Waals surface area contributed by atoms with Crippen molar-refractivity contribution in [2.45, 2.75) is 26.2 Å². The van der Waals surface area contributed by atoms with Gasteiger partial charge in [-0.1, -0.05) is 19.1 Å². The highest BCUT2D eigenvalue weighted by molar-refractivity contribution is 9.10. The van der Waals surface area contributed by atoms with Crippen molar-refractivity contribution in [3.8, 4) is 0 Å². The summed E-state index contributed by atoms with van der Waals surface area (Å²) in [6.45, 7) is 2.03. The Labute approximate surface area is 103 Å². The summed E-state index contributed by atoms with van der Waals surface area (Å²) in [6, 6.07) is 0. The molecule has 0 radical (unpaired) electrons. The molecule has 2 rings (SSSR count). The number of nitrogens with one attached hydrogen (secondary N) is 2. The maximum absolute atomic E-state index is 11.8. The van der Waals surface area contributed by atoms with Gasteiger partial charge in [-0.25, -0.2) is 0 Å². The Bertz CT molecular complexity index is 417. The van der Waals surface area contributed by atoms with Crippen molar-refractivity contribution in [3.63, 3.8) is 0 Å². The Morgan fingerprint density at radius 2 is 2.31 bits per heavy atom. The van der Waals surface area contributed by atoms with E-state index in [2.05, 4.69) is 31.4 Å². The van der Waals surface area contributed by atoms with Crippen LogP contribution in [0, 0.1) is 5.92 Å². The third-order valence-corrected chi connectivity index (χ3v) is 3.60. The number of halogens is 1. The molecule has 2 N–H and O–H groups in total. The van der Waals surface area contributed by atoms with Crippen molar-refractivity contribution in [1.82, 2.24) is 10.2 Å². The van der Waals surface area contributed by atoms with E-state index in [1.807, 2.05) is 19.1 Å². The Kier molecular flexibility index (Phi) is 3.43. The SMILES string of the molecule is CCc1[nH]nc(NC(=O)C2CC=CC2)c1Br. The lowest BCUT2D eigenvalue weighted by atomic mass is 10.1. The number of aromatic nitrogens is 2. The van der Waals surface area contributed by atoms with Crippen molar-refractivity contribution in [2.24, 2.45) is 5.92 Å². The number of amides is 1. The first-order chi connectivity index (χ1) is 7.72. The summed E-state index contributed by atoms with van der Waals surface area (Å²) in [6.07, 6.45) is 6.60. The lowest BCUT2D eigenvalue weighted by molar-refractivity contribution is -0.119. The maximum Gasteiger partial charge on any atom is 0.229 e. The summed E-state index contributed by atoms with van der Waals surface area (Å²) >= 11 is 3.42. The lowest BCUT2D eigenvalue weighted by Gasteiger charge is -2.08. The number of nitrogens with zero attached hydrogens (tertiary/aromatic N) is 1. The largest absolute Gasteiger partial charge is 0.308 e. The van der Waals surface area contributed by atoms with Crippen LogP contribution in [0.2, 0.25) is 0 Å². The average molecular weight is 284 g/mol. The normalized spacial score (nSPS) is 15.6. The van der Waals surface area contributed by atoms with Crippen LogP contribution in [0.25, 0.3) is 0 Å². The molecule has 1 aromatic heterocycles. The molecular weight excluding hydrogens is 270 g/mol. The first kappa shape index (κ1) is 11.4. The van der Waals surface area contributed by atoms with Gasteiger partial charge in [0.25, 0.3) is 0 Å². The smallest absolute Gasteiger partial charge is 0.229 e. The van der Waals surface area contributed by atoms with Crippen LogP contribution in [-0.2, 0) is 11.2 Å². The van der Waals surface area contributed by atoms with Gasteiger partial charge >= 0.3 is 0 Å². The van der Waals surface area contributed by atoms with Crippen molar-refractivity contribution in [2.75, 3.05) is 5.32 Å². The van der Waals surface area contributed by atoms with E-state index in [4.69, 9.17) is 0 Å². The van der Waals surface area contributed by atoms with Crippen molar-refractivity contribution < 1.29 is 4.79 Å². The van der Waals surface area contributed by atoms with E-state index in [0.717, 1.165) is 29.4 Å². The number of allylic oxidation sites excluding steroid dienone is 2. The summed E-state index contributed by atoms with van der Waals surface area (Å²) in [5.74, 6) is 0.697. The van der Waals surface area contributed by atoms with Crippen molar-refractivity contribution >= 4 is 27.7 Å². The Balaban J connectivity index is 2.03. The highest BCUT2D eigenvalue weighted by Crippen LogP contribution is 2.26. The predicted octanol–water partition coefficient (Wildman–Crippen LogP) is 2.64. The van der Waals surface area contributed by atoms with Crippen LogP contribution >= 0.6 is 15.9 Å². The summed E-state index contributed by atoms with van der Waals surface area (Å²) in [5, 5.41) is 9.80. The highest BCUT2D eigenvalue weighted by atomic mass is 79.9. The molecule has 0 aliphatic heterocycles. The summed E-state index contributed by atoms with van der Waals surface area (Å²) in [7, 11) is 0. The summed E-state index contributed by atoms with van der Waals surface area (Å²) in [4.78, 5) is 11.8. The number of hydrogen-bond donors (Lipinski definition) is 2. The molecule has 1 aromatic rings. The van der Waals surface area contributed by atoms with Crippen LogP contribution in [0.4, 0.5) is 5.82 Å². The summed E-state index contributed by atoms with van der Waals surface area (Å²) < 4.78 is 0.856. The van der Waals surface area contributed by atoms with Crippen LogP contribution in [-0.4, -0.2) is 16.1 Å². The fourth-order valence-corrected chi connectivity index (χ4v) is 2.29. The second-order valence-electron chi connectivity index (χ2n) is 3.85. The molecule has 0 unspecified atom stereocenters. The van der Waals surface area contributed by atoms with E-state index in [9.17, 15) is 4.79 Å². The topological polar surface area (TPSA) is 57.8 Å². The van der Waals surface area contributed by atoms with E-state index >= 15 is 0 Å². The third-order valence-electron chi connectivity index (χ3n) is 2.75. The number of aryl methyl sites for hydroxylation is 1. The molecule has 16 heavy (non-hydrogen) atoms. The number of hydrogen-bond acceptors (Lipinski definition) is 2. The first-order valence-corrected chi connectivity index (χ1v) is 6.20.